The lowest BCUT2D eigenvalue weighted by atomic mass is 9.97. The lowest BCUT2D eigenvalue weighted by Gasteiger charge is -2.12. The zero-order valence-corrected chi connectivity index (χ0v) is 20.0. The summed E-state index contributed by atoms with van der Waals surface area (Å²) in [5, 5.41) is 25.9. The number of benzene rings is 2. The van der Waals surface area contributed by atoms with E-state index in [1.807, 2.05) is 24.4 Å². The standard InChI is InChI=1S/C26H24N6O2S/c1-2-3-9-23-27-22(24-20(26(33)34)12-13-35-24)16-32(23)15-17-10-11-19(18-7-5-4-6-8-18)21(14-17)25-28-30-31-29-25/h4-8,10-14,16H,2-3,9,15H2,1H3,(H,33,34)(H,28,29,30,31). The molecule has 2 aromatic carbocycles. The summed E-state index contributed by atoms with van der Waals surface area (Å²) in [5.74, 6) is 0.613. The Morgan fingerprint density at radius 1 is 1.11 bits per heavy atom. The number of carboxylic acid groups (broad SMARTS) is 1. The molecule has 0 radical (unpaired) electrons. The monoisotopic (exact) mass is 484 g/mol. The van der Waals surface area contributed by atoms with Gasteiger partial charge < -0.3 is 9.67 Å². The van der Waals surface area contributed by atoms with E-state index in [-0.39, 0.29) is 5.56 Å². The number of nitrogens with one attached hydrogen (secondary N) is 1. The molecular weight excluding hydrogens is 460 g/mol. The van der Waals surface area contributed by atoms with Crippen molar-refractivity contribution >= 4 is 17.3 Å². The Bertz CT molecular complexity index is 1440. The summed E-state index contributed by atoms with van der Waals surface area (Å²) in [5.41, 5.74) is 5.09. The smallest absolute Gasteiger partial charge is 0.337 e. The first-order valence-electron chi connectivity index (χ1n) is 11.4. The number of hydrogen-bond acceptors (Lipinski definition) is 6. The minimum Gasteiger partial charge on any atom is -0.478 e. The fraction of sp³-hybridized carbons (Fsp3) is 0.192. The van der Waals surface area contributed by atoms with E-state index < -0.39 is 5.97 Å². The Morgan fingerprint density at radius 3 is 2.71 bits per heavy atom. The maximum absolute atomic E-state index is 11.7. The molecule has 5 rings (SSSR count). The van der Waals surface area contributed by atoms with Crippen LogP contribution in [0.15, 0.2) is 66.2 Å². The van der Waals surface area contributed by atoms with Gasteiger partial charge in [0.15, 0.2) is 5.82 Å². The third kappa shape index (κ3) is 4.76. The molecular formula is C26H24N6O2S. The van der Waals surface area contributed by atoms with Crippen LogP contribution in [0.5, 0.6) is 0 Å². The van der Waals surface area contributed by atoms with Crippen molar-refractivity contribution in [1.29, 1.82) is 0 Å². The average molecular weight is 485 g/mol. The molecule has 5 aromatic rings. The largest absolute Gasteiger partial charge is 0.478 e. The molecule has 176 valence electrons. The molecule has 0 unspecified atom stereocenters. The summed E-state index contributed by atoms with van der Waals surface area (Å²) in [6, 6.07) is 18.1. The number of nitrogens with zero attached hydrogens (tertiary/aromatic N) is 5. The lowest BCUT2D eigenvalue weighted by molar-refractivity contribution is 0.0698. The fourth-order valence-electron chi connectivity index (χ4n) is 4.14. The van der Waals surface area contributed by atoms with Crippen LogP contribution in [0.3, 0.4) is 0 Å². The van der Waals surface area contributed by atoms with E-state index >= 15 is 0 Å². The molecule has 0 amide bonds. The second-order valence-electron chi connectivity index (χ2n) is 8.24. The minimum absolute atomic E-state index is 0.286. The molecule has 9 heteroatoms. The van der Waals surface area contributed by atoms with E-state index in [9.17, 15) is 9.90 Å². The van der Waals surface area contributed by atoms with Crippen molar-refractivity contribution in [2.24, 2.45) is 0 Å². The van der Waals surface area contributed by atoms with Crippen LogP contribution in [0.1, 0.15) is 41.5 Å². The molecule has 35 heavy (non-hydrogen) atoms. The van der Waals surface area contributed by atoms with Gasteiger partial charge in [-0.25, -0.2) is 14.9 Å². The summed E-state index contributed by atoms with van der Waals surface area (Å²) in [7, 11) is 0. The molecule has 0 atom stereocenters. The first-order valence-corrected chi connectivity index (χ1v) is 12.3. The highest BCUT2D eigenvalue weighted by Crippen LogP contribution is 2.32. The maximum Gasteiger partial charge on any atom is 0.337 e. The summed E-state index contributed by atoms with van der Waals surface area (Å²) >= 11 is 1.40. The number of hydrogen-bond donors (Lipinski definition) is 2. The quantitative estimate of drug-likeness (QED) is 0.284. The van der Waals surface area contributed by atoms with Gasteiger partial charge in [0, 0.05) is 24.7 Å². The highest BCUT2D eigenvalue weighted by molar-refractivity contribution is 7.14. The Labute approximate surface area is 206 Å². The summed E-state index contributed by atoms with van der Waals surface area (Å²) in [4.78, 5) is 17.2. The summed E-state index contributed by atoms with van der Waals surface area (Å²) in [6.45, 7) is 2.75. The highest BCUT2D eigenvalue weighted by Gasteiger charge is 2.18. The van der Waals surface area contributed by atoms with Crippen molar-refractivity contribution in [3.05, 3.63) is 83.1 Å². The third-order valence-electron chi connectivity index (χ3n) is 5.86. The topological polar surface area (TPSA) is 110 Å². The Kier molecular flexibility index (Phi) is 6.49. The van der Waals surface area contributed by atoms with Gasteiger partial charge in [-0.1, -0.05) is 55.8 Å². The maximum atomic E-state index is 11.7. The molecule has 0 saturated carbocycles. The van der Waals surface area contributed by atoms with E-state index in [0.29, 0.717) is 22.9 Å². The van der Waals surface area contributed by atoms with Gasteiger partial charge in [0.1, 0.15) is 5.82 Å². The number of H-pyrrole nitrogens is 1. The van der Waals surface area contributed by atoms with E-state index in [1.165, 1.54) is 11.3 Å². The number of imidazole rings is 1. The van der Waals surface area contributed by atoms with E-state index in [1.54, 1.807) is 11.4 Å². The van der Waals surface area contributed by atoms with Crippen LogP contribution < -0.4 is 0 Å². The van der Waals surface area contributed by atoms with Crippen LogP contribution in [0.2, 0.25) is 0 Å². The minimum atomic E-state index is -0.937. The van der Waals surface area contributed by atoms with Crippen LogP contribution in [0.4, 0.5) is 0 Å². The molecule has 0 fully saturated rings. The number of tetrazole rings is 1. The van der Waals surface area contributed by atoms with E-state index in [0.717, 1.165) is 47.3 Å². The third-order valence-corrected chi connectivity index (χ3v) is 6.80. The Hall–Kier alpha value is -4.11. The SMILES string of the molecule is CCCCc1nc(-c2sccc2C(=O)O)cn1Cc1ccc(-c2ccccc2)c(-c2nnn[nH]2)c1. The Balaban J connectivity index is 1.54. The number of unbranched alkanes of at least 4 members (excludes halogenated alkanes) is 1. The molecule has 3 aromatic heterocycles. The van der Waals surface area contributed by atoms with Crippen LogP contribution >= 0.6 is 11.3 Å². The van der Waals surface area contributed by atoms with Gasteiger partial charge in [0.2, 0.25) is 0 Å². The van der Waals surface area contributed by atoms with Crippen LogP contribution in [0.25, 0.3) is 33.1 Å². The predicted molar refractivity (Wildman–Crippen MR) is 135 cm³/mol. The number of aromatic nitrogens is 6. The Morgan fingerprint density at radius 2 is 1.97 bits per heavy atom. The van der Waals surface area contributed by atoms with Crippen molar-refractivity contribution in [2.75, 3.05) is 0 Å². The van der Waals surface area contributed by atoms with Crippen LogP contribution in [0, 0.1) is 0 Å². The van der Waals surface area contributed by atoms with E-state index in [4.69, 9.17) is 4.98 Å². The van der Waals surface area contributed by atoms with Gasteiger partial charge in [-0.05, 0) is 51.1 Å². The average Bonchev–Trinajstić information content (AvgIpc) is 3.64. The van der Waals surface area contributed by atoms with Gasteiger partial charge in [-0.3, -0.25) is 0 Å². The van der Waals surface area contributed by atoms with Gasteiger partial charge in [-0.15, -0.1) is 16.4 Å². The van der Waals surface area contributed by atoms with E-state index in [2.05, 4.69) is 62.4 Å². The van der Waals surface area contributed by atoms with Crippen molar-refractivity contribution in [3.63, 3.8) is 0 Å². The van der Waals surface area contributed by atoms with Crippen LogP contribution in [-0.4, -0.2) is 41.3 Å². The number of aromatic amines is 1. The number of rotatable bonds is 9. The van der Waals surface area contributed by atoms with Gasteiger partial charge in [0.05, 0.1) is 16.1 Å². The van der Waals surface area contributed by atoms with Gasteiger partial charge in [0.25, 0.3) is 0 Å². The molecule has 8 nitrogen and oxygen atoms in total. The normalized spacial score (nSPS) is 11.1. The zero-order chi connectivity index (χ0) is 24.2. The fourth-order valence-corrected chi connectivity index (χ4v) is 4.98. The van der Waals surface area contributed by atoms with Crippen LogP contribution in [-0.2, 0) is 13.0 Å². The summed E-state index contributed by atoms with van der Waals surface area (Å²) < 4.78 is 2.12. The first kappa shape index (κ1) is 22.7. The predicted octanol–water partition coefficient (Wildman–Crippen LogP) is 5.55. The molecule has 0 aliphatic rings. The second kappa shape index (κ2) is 10.0. The highest BCUT2D eigenvalue weighted by atomic mass is 32.1. The first-order chi connectivity index (χ1) is 17.1. The van der Waals surface area contributed by atoms with Crippen molar-refractivity contribution in [2.45, 2.75) is 32.7 Å². The van der Waals surface area contributed by atoms with Gasteiger partial charge >= 0.3 is 5.97 Å². The number of carbonyl (C=O) groups is 1. The molecule has 0 spiro atoms. The van der Waals surface area contributed by atoms with Crippen molar-refractivity contribution < 1.29 is 9.90 Å². The second-order valence-corrected chi connectivity index (χ2v) is 9.15. The molecule has 0 bridgehead atoms. The van der Waals surface area contributed by atoms with Crippen molar-refractivity contribution in [1.82, 2.24) is 30.2 Å². The zero-order valence-electron chi connectivity index (χ0n) is 19.2. The summed E-state index contributed by atoms with van der Waals surface area (Å²) in [6.07, 6.45) is 4.85. The molecule has 0 aliphatic heterocycles. The number of thiophene rings is 1. The van der Waals surface area contributed by atoms with Crippen molar-refractivity contribution in [3.8, 4) is 33.1 Å². The number of aromatic carboxylic acids is 1. The number of aryl methyl sites for hydroxylation is 1. The number of carboxylic acids is 1. The molecule has 0 aliphatic carbocycles. The molecule has 3 heterocycles. The molecule has 2 N–H and O–H groups in total. The lowest BCUT2D eigenvalue weighted by Crippen LogP contribution is -2.05. The van der Waals surface area contributed by atoms with Gasteiger partial charge in [-0.2, -0.15) is 0 Å². The molecule has 0 saturated heterocycles.